The van der Waals surface area contributed by atoms with Gasteiger partial charge in [-0.1, -0.05) is 0 Å². The van der Waals surface area contributed by atoms with Crippen molar-refractivity contribution in [2.75, 3.05) is 0 Å². The average Bonchev–Trinajstić information content (AvgIpc) is 2.78. The van der Waals surface area contributed by atoms with Crippen LogP contribution < -0.4 is 17.4 Å². The summed E-state index contributed by atoms with van der Waals surface area (Å²) in [5.41, 5.74) is 0. The van der Waals surface area contributed by atoms with Crippen LogP contribution >= 0.6 is 38.0 Å². The third kappa shape index (κ3) is 6.34. The molecule has 4 rings (SSSR count). The molecular formula is C26H26AsAuI2-2. The first-order chi connectivity index (χ1) is 13.8. The van der Waals surface area contributed by atoms with Crippen LogP contribution in [0.15, 0.2) is 121 Å². The van der Waals surface area contributed by atoms with Gasteiger partial charge in [0.15, 0.2) is 0 Å². The van der Waals surface area contributed by atoms with Gasteiger partial charge < -0.3 is 14.9 Å². The van der Waals surface area contributed by atoms with Crippen molar-refractivity contribution in [2.45, 2.75) is 0 Å². The van der Waals surface area contributed by atoms with Gasteiger partial charge in [0, 0.05) is 0 Å². The molecular weight excluding hydrogens is 838 g/mol. The SMILES string of the molecule is [CH3-].[CH3-].[I][Au-][I].c1ccc([As+](c2ccccc2)(c2ccccc2)c2ccccc2)cc1. The molecule has 0 heterocycles. The Bertz CT molecular complexity index is 786. The molecule has 0 saturated carbocycles. The zero-order valence-corrected chi connectivity index (χ0v) is 25.4. The van der Waals surface area contributed by atoms with E-state index >= 15 is 0 Å². The van der Waals surface area contributed by atoms with Gasteiger partial charge in [-0.15, -0.1) is 0 Å². The van der Waals surface area contributed by atoms with Crippen molar-refractivity contribution >= 4 is 69.0 Å². The molecule has 0 atom stereocenters. The molecule has 0 aromatic heterocycles. The van der Waals surface area contributed by atoms with E-state index in [1.54, 1.807) is 0 Å². The Kier molecular flexibility index (Phi) is 13.5. The Morgan fingerprint density at radius 3 is 0.733 bits per heavy atom. The minimum atomic E-state index is -2.77. The van der Waals surface area contributed by atoms with Crippen LogP contribution in [0.2, 0.25) is 0 Å². The summed E-state index contributed by atoms with van der Waals surface area (Å²) in [7, 11) is 0. The molecule has 0 radical (unpaired) electrons. The molecule has 0 bridgehead atoms. The Balaban J connectivity index is 0.000000851. The molecule has 0 aliphatic heterocycles. The molecule has 0 amide bonds. The van der Waals surface area contributed by atoms with Crippen LogP contribution in [0.1, 0.15) is 0 Å². The van der Waals surface area contributed by atoms with E-state index in [0.717, 1.165) is 0 Å². The van der Waals surface area contributed by atoms with E-state index < -0.39 is 13.6 Å². The summed E-state index contributed by atoms with van der Waals surface area (Å²) in [5, 5.41) is 0. The third-order valence-corrected chi connectivity index (χ3v) is 13.6. The Labute approximate surface area is 214 Å². The molecule has 0 fully saturated rings. The van der Waals surface area contributed by atoms with Crippen LogP contribution in [0.5, 0.6) is 0 Å². The van der Waals surface area contributed by atoms with Crippen molar-refractivity contribution in [3.8, 4) is 0 Å². The van der Waals surface area contributed by atoms with Gasteiger partial charge >= 0.3 is 202 Å². The van der Waals surface area contributed by atoms with Crippen LogP contribution in [-0.4, -0.2) is 13.6 Å². The number of rotatable bonds is 4. The molecule has 0 unspecified atom stereocenters. The van der Waals surface area contributed by atoms with Crippen molar-refractivity contribution in [3.05, 3.63) is 136 Å². The van der Waals surface area contributed by atoms with Crippen LogP contribution in [0, 0.1) is 14.9 Å². The molecule has 4 aromatic carbocycles. The number of benzene rings is 4. The molecule has 30 heavy (non-hydrogen) atoms. The first kappa shape index (κ1) is 27.7. The number of halogens is 2. The Hall–Kier alpha value is -0.361. The second-order valence-electron chi connectivity index (χ2n) is 6.06. The van der Waals surface area contributed by atoms with E-state index in [9.17, 15) is 0 Å². The van der Waals surface area contributed by atoms with Crippen LogP contribution in [0.25, 0.3) is 0 Å². The predicted octanol–water partition coefficient (Wildman–Crippen LogP) is 5.73. The fraction of sp³-hybridized carbons (Fsp3) is 0. The van der Waals surface area contributed by atoms with Gasteiger partial charge in [-0.3, -0.25) is 0 Å². The summed E-state index contributed by atoms with van der Waals surface area (Å²) in [6.45, 7) is 0. The molecule has 0 N–H and O–H groups in total. The Morgan fingerprint density at radius 2 is 0.567 bits per heavy atom. The van der Waals surface area contributed by atoms with Gasteiger partial charge in [0.1, 0.15) is 0 Å². The minimum absolute atomic E-state index is 0. The van der Waals surface area contributed by atoms with Crippen LogP contribution in [0.4, 0.5) is 0 Å². The van der Waals surface area contributed by atoms with E-state index in [-0.39, 0.29) is 14.9 Å². The summed E-state index contributed by atoms with van der Waals surface area (Å²) < 4.78 is 5.79. The number of hydrogen-bond acceptors (Lipinski definition) is 0. The number of hydrogen-bond donors (Lipinski definition) is 0. The van der Waals surface area contributed by atoms with E-state index in [1.165, 1.54) is 17.4 Å². The van der Waals surface area contributed by atoms with Gasteiger partial charge in [-0.05, 0) is 0 Å². The van der Waals surface area contributed by atoms with Crippen molar-refractivity contribution in [1.29, 1.82) is 0 Å². The van der Waals surface area contributed by atoms with Crippen molar-refractivity contribution in [2.24, 2.45) is 0 Å². The quantitative estimate of drug-likeness (QED) is 0.140. The normalized spacial score (nSPS) is 10.1. The predicted molar refractivity (Wildman–Crippen MR) is 151 cm³/mol. The molecule has 0 aliphatic rings. The standard InChI is InChI=1S/C24H20As.2CH3.Au.2HI/c1-5-13-21(14-6-1)25(22-15-7-2-8-16-22,23-17-9-3-10-18-23)24-19-11-4-12-20-24;;;;;/h1-20H;2*1H3;;2*1H/q+1;2*-1;+1;;/p-2. The van der Waals surface area contributed by atoms with Gasteiger partial charge in [0.2, 0.25) is 0 Å². The fourth-order valence-electron chi connectivity index (χ4n) is 3.50. The van der Waals surface area contributed by atoms with Gasteiger partial charge in [0.25, 0.3) is 0 Å². The first-order valence-corrected chi connectivity index (χ1v) is 24.8. The van der Waals surface area contributed by atoms with Crippen molar-refractivity contribution in [1.82, 2.24) is 0 Å². The van der Waals surface area contributed by atoms with Gasteiger partial charge in [0.05, 0.1) is 0 Å². The summed E-state index contributed by atoms with van der Waals surface area (Å²) in [6.07, 6.45) is 0. The van der Waals surface area contributed by atoms with Crippen molar-refractivity contribution < 1.29 is 12.1 Å². The van der Waals surface area contributed by atoms with Crippen LogP contribution in [0.3, 0.4) is 0 Å². The zero-order chi connectivity index (χ0) is 19.7. The molecule has 0 saturated heterocycles. The average molecular weight is 864 g/mol. The monoisotopic (exact) mass is 864 g/mol. The van der Waals surface area contributed by atoms with Crippen LogP contribution in [-0.2, 0) is 12.1 Å². The molecule has 0 spiro atoms. The Morgan fingerprint density at radius 1 is 0.400 bits per heavy atom. The second kappa shape index (κ2) is 14.7. The zero-order valence-electron chi connectivity index (χ0n) is 17.1. The topological polar surface area (TPSA) is 0 Å². The molecule has 4 heteroatoms. The molecule has 0 nitrogen and oxygen atoms in total. The molecule has 162 valence electrons. The summed E-state index contributed by atoms with van der Waals surface area (Å²) in [4.78, 5) is 0. The van der Waals surface area contributed by atoms with E-state index in [1.807, 2.05) is 0 Å². The molecule has 0 aliphatic carbocycles. The maximum atomic E-state index is 2.37. The first-order valence-electron chi connectivity index (χ1n) is 8.77. The molecule has 4 aromatic rings. The van der Waals surface area contributed by atoms with Gasteiger partial charge in [-0.2, -0.15) is 0 Å². The van der Waals surface area contributed by atoms with Crippen molar-refractivity contribution in [3.63, 3.8) is 0 Å². The summed E-state index contributed by atoms with van der Waals surface area (Å²) >= 11 is 2.58. The van der Waals surface area contributed by atoms with E-state index in [0.29, 0.717) is 12.1 Å². The van der Waals surface area contributed by atoms with E-state index in [2.05, 4.69) is 159 Å². The maximum absolute atomic E-state index is 2.77. The second-order valence-corrected chi connectivity index (χ2v) is 29.0. The summed E-state index contributed by atoms with van der Waals surface area (Å²) in [6, 6.07) is 44.2. The van der Waals surface area contributed by atoms with Gasteiger partial charge in [-0.25, -0.2) is 0 Å². The summed E-state index contributed by atoms with van der Waals surface area (Å²) in [5.74, 6) is 0. The fourth-order valence-corrected chi connectivity index (χ4v) is 12.5. The third-order valence-electron chi connectivity index (χ3n) is 4.57. The van der Waals surface area contributed by atoms with E-state index in [4.69, 9.17) is 0 Å².